The third kappa shape index (κ3) is 5.19. The van der Waals surface area contributed by atoms with Gasteiger partial charge in [-0.15, -0.1) is 0 Å². The second-order valence-corrected chi connectivity index (χ2v) is 2.47. The average Bonchev–Trinajstić information content (AvgIpc) is 2.15. The second-order valence-electron chi connectivity index (χ2n) is 2.47. The number of hydrogen-bond acceptors (Lipinski definition) is 5. The zero-order valence-corrected chi connectivity index (χ0v) is 7.91. The summed E-state index contributed by atoms with van der Waals surface area (Å²) in [6.45, 7) is 3.07. The number of nitrogens with two attached hydrogens (primary N) is 1. The van der Waals surface area contributed by atoms with Crippen molar-refractivity contribution in [2.75, 3.05) is 6.79 Å². The smallest absolute Gasteiger partial charge is 0.325 e. The van der Waals surface area contributed by atoms with E-state index in [9.17, 15) is 9.59 Å². The van der Waals surface area contributed by atoms with Crippen LogP contribution in [0.3, 0.4) is 0 Å². The minimum Gasteiger partial charge on any atom is -0.428 e. The molecule has 0 heterocycles. The lowest BCUT2D eigenvalue weighted by molar-refractivity contribution is -0.167. The van der Waals surface area contributed by atoms with Crippen LogP contribution in [-0.4, -0.2) is 24.8 Å². The van der Waals surface area contributed by atoms with Gasteiger partial charge in [0.05, 0.1) is 0 Å². The molecule has 0 amide bonds. The molecular formula is C8H15NO4. The molecule has 0 aliphatic rings. The minimum absolute atomic E-state index is 0.261. The molecule has 1 unspecified atom stereocenters. The van der Waals surface area contributed by atoms with Crippen LogP contribution in [0.2, 0.25) is 0 Å². The molecular weight excluding hydrogens is 174 g/mol. The molecule has 0 rings (SSSR count). The maximum Gasteiger partial charge on any atom is 0.325 e. The van der Waals surface area contributed by atoms with Crippen LogP contribution in [0.4, 0.5) is 0 Å². The highest BCUT2D eigenvalue weighted by atomic mass is 16.7. The summed E-state index contributed by atoms with van der Waals surface area (Å²) < 4.78 is 9.08. The molecule has 76 valence electrons. The average molecular weight is 189 g/mol. The third-order valence-corrected chi connectivity index (χ3v) is 1.45. The van der Waals surface area contributed by atoms with Crippen LogP contribution in [0.15, 0.2) is 0 Å². The van der Waals surface area contributed by atoms with Crippen molar-refractivity contribution in [2.45, 2.75) is 32.7 Å². The molecule has 0 bridgehead atoms. The Balaban J connectivity index is 3.53. The van der Waals surface area contributed by atoms with Crippen molar-refractivity contribution in [3.63, 3.8) is 0 Å². The first-order valence-electron chi connectivity index (χ1n) is 4.19. The van der Waals surface area contributed by atoms with E-state index in [0.29, 0.717) is 6.42 Å². The first-order valence-corrected chi connectivity index (χ1v) is 4.19. The molecule has 1 atom stereocenters. The van der Waals surface area contributed by atoms with Gasteiger partial charge in [0.25, 0.3) is 0 Å². The zero-order valence-electron chi connectivity index (χ0n) is 7.91. The van der Waals surface area contributed by atoms with Gasteiger partial charge < -0.3 is 15.2 Å². The van der Waals surface area contributed by atoms with Crippen LogP contribution in [0.1, 0.15) is 26.7 Å². The highest BCUT2D eigenvalue weighted by Gasteiger charge is 2.12. The highest BCUT2D eigenvalue weighted by Crippen LogP contribution is 1.92. The Morgan fingerprint density at radius 3 is 2.38 bits per heavy atom. The molecule has 0 aromatic heterocycles. The quantitative estimate of drug-likeness (QED) is 0.493. The summed E-state index contributed by atoms with van der Waals surface area (Å²) in [5, 5.41) is 0. The van der Waals surface area contributed by atoms with Crippen molar-refractivity contribution in [3.05, 3.63) is 0 Å². The summed E-state index contributed by atoms with van der Waals surface area (Å²) in [6.07, 6.45) is 0.762. The van der Waals surface area contributed by atoms with E-state index in [1.165, 1.54) is 0 Å². The van der Waals surface area contributed by atoms with Crippen molar-refractivity contribution in [2.24, 2.45) is 5.73 Å². The molecule has 0 spiro atoms. The summed E-state index contributed by atoms with van der Waals surface area (Å²) in [6, 6.07) is -0.639. The van der Waals surface area contributed by atoms with Gasteiger partial charge in [-0.3, -0.25) is 9.59 Å². The second kappa shape index (κ2) is 6.42. The van der Waals surface area contributed by atoms with Crippen molar-refractivity contribution in [1.82, 2.24) is 0 Å². The fourth-order valence-electron chi connectivity index (χ4n) is 0.529. The van der Waals surface area contributed by atoms with Crippen molar-refractivity contribution in [1.29, 1.82) is 0 Å². The fourth-order valence-corrected chi connectivity index (χ4v) is 0.529. The molecule has 0 saturated heterocycles. The lowest BCUT2D eigenvalue weighted by Gasteiger charge is -2.08. The number of hydrogen-bond donors (Lipinski definition) is 1. The zero-order chi connectivity index (χ0) is 10.3. The number of ether oxygens (including phenoxy) is 2. The maximum atomic E-state index is 10.9. The van der Waals surface area contributed by atoms with E-state index in [-0.39, 0.29) is 13.2 Å². The Hall–Kier alpha value is -1.10. The molecule has 5 heteroatoms. The van der Waals surface area contributed by atoms with Gasteiger partial charge in [-0.1, -0.05) is 13.8 Å². The molecule has 5 nitrogen and oxygen atoms in total. The SMILES string of the molecule is CCC(=O)OCOC(=O)C(N)CC. The lowest BCUT2D eigenvalue weighted by Crippen LogP contribution is -2.32. The minimum atomic E-state index is -0.639. The number of esters is 2. The summed E-state index contributed by atoms with van der Waals surface area (Å²) in [5.41, 5.74) is 5.35. The Bertz CT molecular complexity index is 181. The molecule has 0 aromatic carbocycles. The Morgan fingerprint density at radius 2 is 1.92 bits per heavy atom. The van der Waals surface area contributed by atoms with E-state index in [2.05, 4.69) is 9.47 Å². The summed E-state index contributed by atoms with van der Waals surface area (Å²) >= 11 is 0. The van der Waals surface area contributed by atoms with E-state index >= 15 is 0 Å². The molecule has 0 aliphatic heterocycles. The first kappa shape index (κ1) is 11.9. The van der Waals surface area contributed by atoms with Crippen LogP contribution in [-0.2, 0) is 19.1 Å². The largest absolute Gasteiger partial charge is 0.428 e. The Kier molecular flexibility index (Phi) is 5.88. The van der Waals surface area contributed by atoms with Crippen LogP contribution in [0, 0.1) is 0 Å². The van der Waals surface area contributed by atoms with E-state index in [1.54, 1.807) is 13.8 Å². The van der Waals surface area contributed by atoms with Gasteiger partial charge in [-0.05, 0) is 6.42 Å². The van der Waals surface area contributed by atoms with Crippen LogP contribution in [0.25, 0.3) is 0 Å². The molecule has 0 aromatic rings. The van der Waals surface area contributed by atoms with Gasteiger partial charge in [-0.2, -0.15) is 0 Å². The van der Waals surface area contributed by atoms with Crippen molar-refractivity contribution >= 4 is 11.9 Å². The topological polar surface area (TPSA) is 78.6 Å². The monoisotopic (exact) mass is 189 g/mol. The van der Waals surface area contributed by atoms with Crippen LogP contribution >= 0.6 is 0 Å². The Labute approximate surface area is 77.2 Å². The molecule has 0 fully saturated rings. The van der Waals surface area contributed by atoms with Gasteiger partial charge in [0, 0.05) is 6.42 Å². The molecule has 0 radical (unpaired) electrons. The Morgan fingerprint density at radius 1 is 1.31 bits per heavy atom. The lowest BCUT2D eigenvalue weighted by atomic mass is 10.2. The van der Waals surface area contributed by atoms with E-state index in [0.717, 1.165) is 0 Å². The maximum absolute atomic E-state index is 10.9. The normalized spacial score (nSPS) is 11.9. The van der Waals surface area contributed by atoms with Gasteiger partial charge in [-0.25, -0.2) is 0 Å². The van der Waals surface area contributed by atoms with Crippen LogP contribution < -0.4 is 5.73 Å². The number of carbonyl (C=O) groups excluding carboxylic acids is 2. The number of carbonyl (C=O) groups is 2. The molecule has 13 heavy (non-hydrogen) atoms. The molecule has 2 N–H and O–H groups in total. The van der Waals surface area contributed by atoms with Crippen molar-refractivity contribution < 1.29 is 19.1 Å². The third-order valence-electron chi connectivity index (χ3n) is 1.45. The van der Waals surface area contributed by atoms with Gasteiger partial charge in [0.1, 0.15) is 6.04 Å². The van der Waals surface area contributed by atoms with Gasteiger partial charge in [0.2, 0.25) is 6.79 Å². The standard InChI is InChI=1S/C8H15NO4/c1-3-6(9)8(11)13-5-12-7(10)4-2/h6H,3-5,9H2,1-2H3. The van der Waals surface area contributed by atoms with Gasteiger partial charge in [0.15, 0.2) is 0 Å². The predicted octanol–water partition coefficient (Wildman–Crippen LogP) is 0.178. The highest BCUT2D eigenvalue weighted by molar-refractivity contribution is 5.75. The summed E-state index contributed by atoms with van der Waals surface area (Å²) in [5.74, 6) is -0.954. The van der Waals surface area contributed by atoms with Crippen molar-refractivity contribution in [3.8, 4) is 0 Å². The van der Waals surface area contributed by atoms with E-state index in [4.69, 9.17) is 5.73 Å². The fraction of sp³-hybridized carbons (Fsp3) is 0.750. The first-order chi connectivity index (χ1) is 6.11. The predicted molar refractivity (Wildman–Crippen MR) is 45.6 cm³/mol. The molecule has 0 saturated carbocycles. The van der Waals surface area contributed by atoms with Gasteiger partial charge >= 0.3 is 11.9 Å². The van der Waals surface area contributed by atoms with E-state index in [1.807, 2.05) is 0 Å². The molecule has 0 aliphatic carbocycles. The van der Waals surface area contributed by atoms with E-state index < -0.39 is 18.0 Å². The summed E-state index contributed by atoms with van der Waals surface area (Å²) in [4.78, 5) is 21.5. The number of rotatable bonds is 5. The summed E-state index contributed by atoms with van der Waals surface area (Å²) in [7, 11) is 0. The van der Waals surface area contributed by atoms with Crippen LogP contribution in [0.5, 0.6) is 0 Å².